The highest BCUT2D eigenvalue weighted by molar-refractivity contribution is 9.10. The minimum absolute atomic E-state index is 0.233. The summed E-state index contributed by atoms with van der Waals surface area (Å²) in [5.41, 5.74) is 2.95. The van der Waals surface area contributed by atoms with Crippen molar-refractivity contribution in [1.82, 2.24) is 4.90 Å². The molecule has 1 fully saturated rings. The normalized spacial score (nSPS) is 15.2. The lowest BCUT2D eigenvalue weighted by molar-refractivity contribution is -0.123. The van der Waals surface area contributed by atoms with E-state index in [2.05, 4.69) is 15.9 Å². The Bertz CT molecular complexity index is 974. The van der Waals surface area contributed by atoms with Crippen LogP contribution in [0.15, 0.2) is 45.8 Å². The van der Waals surface area contributed by atoms with Crippen molar-refractivity contribution in [3.05, 3.63) is 62.5 Å². The van der Waals surface area contributed by atoms with Gasteiger partial charge in [-0.15, -0.1) is 0 Å². The molecule has 0 aliphatic carbocycles. The van der Waals surface area contributed by atoms with Gasteiger partial charge in [0, 0.05) is 7.11 Å². The van der Waals surface area contributed by atoms with Crippen LogP contribution in [0.1, 0.15) is 16.7 Å². The number of carbonyl (C=O) groups is 2. The number of aryl methyl sites for hydroxylation is 1. The van der Waals surface area contributed by atoms with E-state index in [-0.39, 0.29) is 17.7 Å². The fraction of sp³-hybridized carbons (Fsp3) is 0.273. The van der Waals surface area contributed by atoms with Crippen LogP contribution < -0.4 is 9.47 Å². The molecule has 2 amide bonds. The lowest BCUT2D eigenvalue weighted by Crippen LogP contribution is -2.31. The van der Waals surface area contributed by atoms with Crippen LogP contribution in [-0.4, -0.2) is 43.4 Å². The smallest absolute Gasteiger partial charge is 0.293 e. The molecule has 0 unspecified atom stereocenters. The Morgan fingerprint density at radius 3 is 2.53 bits per heavy atom. The van der Waals surface area contributed by atoms with Crippen LogP contribution in [0.4, 0.5) is 4.79 Å². The van der Waals surface area contributed by atoms with Gasteiger partial charge >= 0.3 is 0 Å². The predicted octanol–water partition coefficient (Wildman–Crippen LogP) is 5.03. The van der Waals surface area contributed by atoms with Crippen molar-refractivity contribution in [2.75, 3.05) is 27.4 Å². The van der Waals surface area contributed by atoms with E-state index in [1.807, 2.05) is 37.3 Å². The maximum atomic E-state index is 12.5. The van der Waals surface area contributed by atoms with Crippen LogP contribution in [0.2, 0.25) is 0 Å². The minimum atomic E-state index is -0.322. The molecule has 0 N–H and O–H groups in total. The number of thioether (sulfide) groups is 1. The number of hydrogen-bond acceptors (Lipinski definition) is 6. The minimum Gasteiger partial charge on any atom is -0.493 e. The molecule has 2 aromatic carbocycles. The summed E-state index contributed by atoms with van der Waals surface area (Å²) < 4.78 is 17.1. The van der Waals surface area contributed by atoms with Gasteiger partial charge in [0.1, 0.15) is 6.61 Å². The van der Waals surface area contributed by atoms with E-state index in [0.717, 1.165) is 22.9 Å². The Morgan fingerprint density at radius 2 is 1.87 bits per heavy atom. The highest BCUT2D eigenvalue weighted by Crippen LogP contribution is 2.39. The molecular weight excluding hydrogens is 470 g/mol. The van der Waals surface area contributed by atoms with Crippen molar-refractivity contribution >= 4 is 44.9 Å². The highest BCUT2D eigenvalue weighted by Gasteiger charge is 2.34. The zero-order chi connectivity index (χ0) is 21.7. The van der Waals surface area contributed by atoms with Gasteiger partial charge in [0.15, 0.2) is 11.5 Å². The van der Waals surface area contributed by atoms with Crippen LogP contribution >= 0.6 is 27.7 Å². The van der Waals surface area contributed by atoms with E-state index in [9.17, 15) is 9.59 Å². The molecule has 0 aromatic heterocycles. The second-order valence-corrected chi connectivity index (χ2v) is 8.48. The number of nitrogens with zero attached hydrogens (tertiary/aromatic N) is 1. The summed E-state index contributed by atoms with van der Waals surface area (Å²) in [5.74, 6) is 0.779. The summed E-state index contributed by atoms with van der Waals surface area (Å²) in [6.07, 6.45) is 1.68. The summed E-state index contributed by atoms with van der Waals surface area (Å²) in [4.78, 5) is 26.1. The zero-order valence-electron chi connectivity index (χ0n) is 16.9. The van der Waals surface area contributed by atoms with Gasteiger partial charge in [0.25, 0.3) is 11.1 Å². The summed E-state index contributed by atoms with van der Waals surface area (Å²) in [6, 6.07) is 11.7. The maximum absolute atomic E-state index is 12.5. The van der Waals surface area contributed by atoms with E-state index in [4.69, 9.17) is 14.2 Å². The van der Waals surface area contributed by atoms with Crippen LogP contribution in [0.3, 0.4) is 0 Å². The number of benzene rings is 2. The molecule has 0 atom stereocenters. The van der Waals surface area contributed by atoms with Crippen molar-refractivity contribution < 1.29 is 23.8 Å². The first-order chi connectivity index (χ1) is 14.4. The van der Waals surface area contributed by atoms with Crippen molar-refractivity contribution in [2.45, 2.75) is 13.5 Å². The zero-order valence-corrected chi connectivity index (χ0v) is 19.3. The molecule has 0 saturated carbocycles. The number of rotatable bonds is 8. The number of methoxy groups -OCH3 is 2. The number of hydrogen-bond donors (Lipinski definition) is 0. The van der Waals surface area contributed by atoms with Crippen LogP contribution in [0, 0.1) is 6.92 Å². The van der Waals surface area contributed by atoms with E-state index in [0.29, 0.717) is 34.1 Å². The third kappa shape index (κ3) is 5.24. The van der Waals surface area contributed by atoms with E-state index >= 15 is 0 Å². The molecule has 158 valence electrons. The van der Waals surface area contributed by atoms with Crippen molar-refractivity contribution in [3.8, 4) is 11.5 Å². The highest BCUT2D eigenvalue weighted by atomic mass is 79.9. The van der Waals surface area contributed by atoms with Gasteiger partial charge < -0.3 is 14.2 Å². The summed E-state index contributed by atoms with van der Waals surface area (Å²) >= 11 is 4.44. The average Bonchev–Trinajstić information content (AvgIpc) is 2.99. The Kier molecular flexibility index (Phi) is 7.58. The fourth-order valence-corrected chi connectivity index (χ4v) is 4.27. The van der Waals surface area contributed by atoms with Crippen LogP contribution in [0.25, 0.3) is 6.08 Å². The van der Waals surface area contributed by atoms with Gasteiger partial charge in [0.05, 0.1) is 29.6 Å². The lowest BCUT2D eigenvalue weighted by atomic mass is 10.1. The predicted molar refractivity (Wildman–Crippen MR) is 121 cm³/mol. The largest absolute Gasteiger partial charge is 0.493 e. The topological polar surface area (TPSA) is 65.1 Å². The second-order valence-electron chi connectivity index (χ2n) is 6.63. The van der Waals surface area contributed by atoms with Gasteiger partial charge in [0.2, 0.25) is 0 Å². The number of halogens is 1. The van der Waals surface area contributed by atoms with Crippen LogP contribution in [-0.2, 0) is 16.1 Å². The molecular formula is C22H22BrNO5S. The molecule has 2 aromatic rings. The van der Waals surface area contributed by atoms with Gasteiger partial charge in [-0.3, -0.25) is 14.5 Å². The molecule has 6 nitrogen and oxygen atoms in total. The standard InChI is InChI=1S/C22H22BrNO5S/c1-14-4-6-15(7-5-14)13-29-20-17(23)10-16(11-18(20)28-3)12-19-21(25)24(8-9-27-2)22(26)30-19/h4-7,10-12H,8-9,13H2,1-3H3/b19-12+. The van der Waals surface area contributed by atoms with Gasteiger partial charge in [-0.25, -0.2) is 0 Å². The molecule has 1 aliphatic heterocycles. The monoisotopic (exact) mass is 491 g/mol. The molecule has 0 spiro atoms. The maximum Gasteiger partial charge on any atom is 0.293 e. The first-order valence-electron chi connectivity index (χ1n) is 9.23. The van der Waals surface area contributed by atoms with E-state index < -0.39 is 0 Å². The number of ether oxygens (including phenoxy) is 3. The third-order valence-electron chi connectivity index (χ3n) is 4.45. The van der Waals surface area contributed by atoms with Crippen molar-refractivity contribution in [1.29, 1.82) is 0 Å². The molecule has 1 heterocycles. The van der Waals surface area contributed by atoms with Crippen molar-refractivity contribution in [3.63, 3.8) is 0 Å². The fourth-order valence-electron chi connectivity index (χ4n) is 2.83. The Balaban J connectivity index is 1.79. The average molecular weight is 492 g/mol. The second kappa shape index (κ2) is 10.1. The number of amides is 2. The van der Waals surface area contributed by atoms with Crippen molar-refractivity contribution in [2.24, 2.45) is 0 Å². The summed E-state index contributed by atoms with van der Waals surface area (Å²) in [7, 11) is 3.09. The Morgan fingerprint density at radius 1 is 1.13 bits per heavy atom. The first-order valence-corrected chi connectivity index (χ1v) is 10.8. The molecule has 1 aliphatic rings. The van der Waals surface area contributed by atoms with E-state index in [1.165, 1.54) is 17.6 Å². The quantitative estimate of drug-likeness (QED) is 0.482. The molecule has 0 radical (unpaired) electrons. The lowest BCUT2D eigenvalue weighted by Gasteiger charge is -2.14. The summed E-state index contributed by atoms with van der Waals surface area (Å²) in [6.45, 7) is 2.97. The van der Waals surface area contributed by atoms with Gasteiger partial charge in [-0.1, -0.05) is 29.8 Å². The molecule has 8 heteroatoms. The first kappa shape index (κ1) is 22.4. The van der Waals surface area contributed by atoms with Gasteiger partial charge in [-0.2, -0.15) is 0 Å². The van der Waals surface area contributed by atoms with E-state index in [1.54, 1.807) is 19.3 Å². The Labute approximate surface area is 188 Å². The molecule has 3 rings (SSSR count). The number of imide groups is 1. The Hall–Kier alpha value is -2.29. The van der Waals surface area contributed by atoms with Gasteiger partial charge in [-0.05, 0) is 64.0 Å². The summed E-state index contributed by atoms with van der Waals surface area (Å²) in [5, 5.41) is -0.299. The SMILES string of the molecule is COCCN1C(=O)S/C(=C/c2cc(Br)c(OCc3ccc(C)cc3)c(OC)c2)C1=O. The molecule has 30 heavy (non-hydrogen) atoms. The number of carbonyl (C=O) groups excluding carboxylic acids is 2. The van der Waals surface area contributed by atoms with Crippen LogP contribution in [0.5, 0.6) is 11.5 Å². The molecule has 0 bridgehead atoms. The molecule has 1 saturated heterocycles. The third-order valence-corrected chi connectivity index (χ3v) is 5.94.